The highest BCUT2D eigenvalue weighted by molar-refractivity contribution is 6.01. The van der Waals surface area contributed by atoms with Crippen molar-refractivity contribution in [2.75, 3.05) is 11.7 Å². The molecule has 2 aromatic rings. The molecule has 5 rings (SSSR count). The molecule has 160 valence electrons. The van der Waals surface area contributed by atoms with Gasteiger partial charge >= 0.3 is 0 Å². The summed E-state index contributed by atoms with van der Waals surface area (Å²) < 4.78 is 10.9. The molecule has 0 aromatic heterocycles. The Morgan fingerprint density at radius 1 is 1.16 bits per heavy atom. The van der Waals surface area contributed by atoms with Crippen LogP contribution in [0, 0.1) is 21.4 Å². The summed E-state index contributed by atoms with van der Waals surface area (Å²) in [6, 6.07) is 13.5. The first-order chi connectivity index (χ1) is 15.5. The lowest BCUT2D eigenvalue weighted by Crippen LogP contribution is -2.38. The molecule has 0 spiro atoms. The number of Topliss-reactive ketones (excluding diaryl/α,β-unsaturated/α-hetero) is 1. The first-order valence-electron chi connectivity index (χ1n) is 10.1. The van der Waals surface area contributed by atoms with Gasteiger partial charge in [-0.3, -0.25) is 19.8 Å². The van der Waals surface area contributed by atoms with Crippen LogP contribution in [0.3, 0.4) is 0 Å². The Morgan fingerprint density at radius 2 is 1.97 bits per heavy atom. The smallest absolute Gasteiger partial charge is 0.271 e. The number of non-ortho nitro benzene ring substituents is 1. The number of nitrogens with zero attached hydrogens (tertiary/aromatic N) is 3. The van der Waals surface area contributed by atoms with Crippen LogP contribution < -0.4 is 20.1 Å². The van der Waals surface area contributed by atoms with Crippen molar-refractivity contribution < 1.29 is 19.2 Å². The van der Waals surface area contributed by atoms with Crippen molar-refractivity contribution in [2.45, 2.75) is 25.2 Å². The average Bonchev–Trinajstić information content (AvgIpc) is 3.26. The fraction of sp³-hybridized carbons (Fsp3) is 0.217. The quantitative estimate of drug-likeness (QED) is 0.577. The lowest BCUT2D eigenvalue weighted by atomic mass is 9.75. The fourth-order valence-corrected chi connectivity index (χ4v) is 4.55. The van der Waals surface area contributed by atoms with Gasteiger partial charge in [-0.15, -0.1) is 0 Å². The lowest BCUT2D eigenvalue weighted by Gasteiger charge is -2.39. The topological polar surface area (TPSA) is 132 Å². The molecule has 3 aliphatic rings. The van der Waals surface area contributed by atoms with Crippen molar-refractivity contribution in [3.63, 3.8) is 0 Å². The van der Waals surface area contributed by atoms with E-state index in [2.05, 4.69) is 6.07 Å². The summed E-state index contributed by atoms with van der Waals surface area (Å²) in [6.45, 7) is 0.111. The predicted octanol–water partition coefficient (Wildman–Crippen LogP) is 3.63. The van der Waals surface area contributed by atoms with Crippen LogP contribution in [-0.4, -0.2) is 17.5 Å². The van der Waals surface area contributed by atoms with Crippen LogP contribution in [0.4, 0.5) is 11.4 Å². The van der Waals surface area contributed by atoms with Gasteiger partial charge in [0.15, 0.2) is 17.3 Å². The van der Waals surface area contributed by atoms with E-state index in [1.807, 2.05) is 0 Å². The molecule has 0 unspecified atom stereocenters. The number of hydrogen-bond acceptors (Lipinski definition) is 8. The van der Waals surface area contributed by atoms with Crippen LogP contribution in [0.15, 0.2) is 65.1 Å². The van der Waals surface area contributed by atoms with E-state index in [0.717, 1.165) is 0 Å². The van der Waals surface area contributed by atoms with Crippen LogP contribution in [0.2, 0.25) is 0 Å². The number of nitro benzene ring substituents is 1. The normalized spacial score (nSPS) is 19.7. The second kappa shape index (κ2) is 7.42. The van der Waals surface area contributed by atoms with Gasteiger partial charge in [-0.05, 0) is 36.6 Å². The van der Waals surface area contributed by atoms with E-state index in [1.54, 1.807) is 35.2 Å². The highest BCUT2D eigenvalue weighted by Gasteiger charge is 2.41. The minimum atomic E-state index is -0.646. The first kappa shape index (κ1) is 19.6. The van der Waals surface area contributed by atoms with Gasteiger partial charge in [-0.1, -0.05) is 12.1 Å². The second-order valence-corrected chi connectivity index (χ2v) is 7.71. The molecule has 1 atom stereocenters. The Hall–Kier alpha value is -4.32. The van der Waals surface area contributed by atoms with Gasteiger partial charge in [0.25, 0.3) is 5.69 Å². The number of benzene rings is 2. The van der Waals surface area contributed by atoms with Gasteiger partial charge in [0.1, 0.15) is 5.82 Å². The number of fused-ring (bicyclic) bond motifs is 1. The molecule has 0 amide bonds. The minimum Gasteiger partial charge on any atom is -0.454 e. The molecule has 1 aliphatic carbocycles. The summed E-state index contributed by atoms with van der Waals surface area (Å²) in [5.41, 5.74) is 8.91. The van der Waals surface area contributed by atoms with Crippen molar-refractivity contribution in [3.8, 4) is 17.6 Å². The third-order valence-electron chi connectivity index (χ3n) is 5.94. The molecule has 0 fully saturated rings. The number of allylic oxidation sites excluding steroid dienone is 3. The van der Waals surface area contributed by atoms with E-state index >= 15 is 0 Å². The molecule has 2 aromatic carbocycles. The summed E-state index contributed by atoms with van der Waals surface area (Å²) in [5, 5.41) is 21.4. The number of rotatable bonds is 3. The molecule has 9 heteroatoms. The fourth-order valence-electron chi connectivity index (χ4n) is 4.55. The van der Waals surface area contributed by atoms with Gasteiger partial charge in [0.05, 0.1) is 28.2 Å². The van der Waals surface area contributed by atoms with E-state index in [0.29, 0.717) is 53.3 Å². The number of nitriles is 1. The molecule has 0 bridgehead atoms. The third kappa shape index (κ3) is 2.96. The maximum atomic E-state index is 13.1. The molecule has 0 saturated heterocycles. The molecular formula is C23H18N4O5. The van der Waals surface area contributed by atoms with Crippen molar-refractivity contribution in [2.24, 2.45) is 5.73 Å². The summed E-state index contributed by atoms with van der Waals surface area (Å²) >= 11 is 0. The van der Waals surface area contributed by atoms with Gasteiger partial charge in [-0.2, -0.15) is 5.26 Å². The molecule has 0 radical (unpaired) electrons. The van der Waals surface area contributed by atoms with E-state index in [1.165, 1.54) is 12.1 Å². The zero-order chi connectivity index (χ0) is 22.4. The van der Waals surface area contributed by atoms with Crippen LogP contribution >= 0.6 is 0 Å². The molecule has 2 aliphatic heterocycles. The van der Waals surface area contributed by atoms with Gasteiger partial charge in [-0.25, -0.2) is 0 Å². The third-order valence-corrected chi connectivity index (χ3v) is 5.94. The van der Waals surface area contributed by atoms with E-state index in [9.17, 15) is 20.2 Å². The summed E-state index contributed by atoms with van der Waals surface area (Å²) in [5.74, 6) is 0.591. The molecule has 9 nitrogen and oxygen atoms in total. The van der Waals surface area contributed by atoms with Gasteiger partial charge in [0.2, 0.25) is 6.79 Å². The maximum absolute atomic E-state index is 13.1. The number of carbonyl (C=O) groups is 1. The van der Waals surface area contributed by atoms with Crippen molar-refractivity contribution in [3.05, 3.63) is 80.8 Å². The number of ketones is 1. The van der Waals surface area contributed by atoms with E-state index < -0.39 is 10.8 Å². The molecule has 2 heterocycles. The highest BCUT2D eigenvalue weighted by Crippen LogP contribution is 2.48. The highest BCUT2D eigenvalue weighted by atomic mass is 16.7. The van der Waals surface area contributed by atoms with Crippen LogP contribution in [0.25, 0.3) is 0 Å². The maximum Gasteiger partial charge on any atom is 0.271 e. The minimum absolute atomic E-state index is 0.0652. The van der Waals surface area contributed by atoms with Crippen LogP contribution in [0.1, 0.15) is 30.7 Å². The SMILES string of the molecule is N#CC1=C(N)N(c2cccc([N+](=O)[O-])c2)C2=C(C(=O)CCC2)[C@H]1c1ccc2c(c1)OCO2. The number of nitrogens with two attached hydrogens (primary N) is 1. The van der Waals surface area contributed by atoms with Crippen molar-refractivity contribution >= 4 is 17.2 Å². The number of nitro groups is 1. The largest absolute Gasteiger partial charge is 0.454 e. The summed E-state index contributed by atoms with van der Waals surface area (Å²) in [4.78, 5) is 25.6. The predicted molar refractivity (Wildman–Crippen MR) is 114 cm³/mol. The van der Waals surface area contributed by atoms with Crippen LogP contribution in [0.5, 0.6) is 11.5 Å². The zero-order valence-electron chi connectivity index (χ0n) is 16.9. The monoisotopic (exact) mass is 430 g/mol. The number of hydrogen-bond donors (Lipinski definition) is 1. The van der Waals surface area contributed by atoms with E-state index in [-0.39, 0.29) is 29.7 Å². The molecular weight excluding hydrogens is 412 g/mol. The zero-order valence-corrected chi connectivity index (χ0v) is 16.9. The Morgan fingerprint density at radius 3 is 2.75 bits per heavy atom. The average molecular weight is 430 g/mol. The number of anilines is 1. The Bertz CT molecular complexity index is 1270. The second-order valence-electron chi connectivity index (χ2n) is 7.71. The first-order valence-corrected chi connectivity index (χ1v) is 10.1. The van der Waals surface area contributed by atoms with Gasteiger partial charge in [0, 0.05) is 29.8 Å². The van der Waals surface area contributed by atoms with Crippen molar-refractivity contribution in [1.29, 1.82) is 5.26 Å². The molecule has 0 saturated carbocycles. The Kier molecular flexibility index (Phi) is 4.56. The standard InChI is InChI=1S/C23H18N4O5/c24-11-16-21(13-7-8-19-20(9-13)32-12-31-19)22-17(5-2-6-18(22)28)26(23(16)25)14-3-1-4-15(10-14)27(29)30/h1,3-4,7-10,21H,2,5-6,12,25H2/t21-/m0/s1. The Labute approximate surface area is 183 Å². The molecule has 2 N–H and O–H groups in total. The summed E-state index contributed by atoms with van der Waals surface area (Å²) in [7, 11) is 0. The Balaban J connectivity index is 1.72. The summed E-state index contributed by atoms with van der Waals surface area (Å²) in [6.07, 6.45) is 1.55. The van der Waals surface area contributed by atoms with Crippen LogP contribution in [-0.2, 0) is 4.79 Å². The lowest BCUT2D eigenvalue weighted by molar-refractivity contribution is -0.384. The number of carbonyl (C=O) groups excluding carboxylic acids is 1. The van der Waals surface area contributed by atoms with Gasteiger partial charge < -0.3 is 15.2 Å². The number of ether oxygens (including phenoxy) is 2. The van der Waals surface area contributed by atoms with E-state index in [4.69, 9.17) is 15.2 Å². The molecule has 32 heavy (non-hydrogen) atoms. The van der Waals surface area contributed by atoms with Crippen molar-refractivity contribution in [1.82, 2.24) is 0 Å².